The predicted molar refractivity (Wildman–Crippen MR) is 71.4 cm³/mol. The van der Waals surface area contributed by atoms with Crippen molar-refractivity contribution in [1.82, 2.24) is 9.97 Å². The molecular formula is C13H20ClN3. The summed E-state index contributed by atoms with van der Waals surface area (Å²) >= 11 is 5.84. The summed E-state index contributed by atoms with van der Waals surface area (Å²) < 4.78 is 0. The largest absolute Gasteiger partial charge is 0.370 e. The maximum absolute atomic E-state index is 5.84. The van der Waals surface area contributed by atoms with Crippen molar-refractivity contribution in [3.05, 3.63) is 17.0 Å². The third kappa shape index (κ3) is 3.56. The number of halogens is 1. The van der Waals surface area contributed by atoms with E-state index in [1.54, 1.807) is 0 Å². The van der Waals surface area contributed by atoms with Crippen LogP contribution in [0.3, 0.4) is 0 Å². The minimum absolute atomic E-state index is 0.323. The Morgan fingerprint density at radius 3 is 2.82 bits per heavy atom. The zero-order chi connectivity index (χ0) is 12.3. The highest BCUT2D eigenvalue weighted by Gasteiger charge is 2.20. The van der Waals surface area contributed by atoms with Crippen molar-refractivity contribution in [2.24, 2.45) is 11.8 Å². The fraction of sp³-hybridized carbons (Fsp3) is 0.692. The average molecular weight is 254 g/mol. The van der Waals surface area contributed by atoms with Crippen LogP contribution >= 0.6 is 11.6 Å². The third-order valence-electron chi connectivity index (χ3n) is 3.66. The van der Waals surface area contributed by atoms with E-state index in [-0.39, 0.29) is 0 Å². The zero-order valence-corrected chi connectivity index (χ0v) is 11.3. The maximum atomic E-state index is 5.84. The molecule has 3 nitrogen and oxygen atoms in total. The molecule has 2 atom stereocenters. The lowest BCUT2D eigenvalue weighted by Crippen LogP contribution is -2.24. The second kappa shape index (κ2) is 5.67. The molecule has 0 saturated heterocycles. The third-order valence-corrected chi connectivity index (χ3v) is 3.83. The van der Waals surface area contributed by atoms with Gasteiger partial charge >= 0.3 is 0 Å². The topological polar surface area (TPSA) is 37.8 Å². The standard InChI is InChI=1S/C13H20ClN3/c1-9-5-3-4-6-11(9)8-15-12-7-10(2)16-13(14)17-12/h7,9,11H,3-6,8H2,1-2H3,(H,15,16,17). The number of nitrogens with one attached hydrogen (secondary N) is 1. The average Bonchev–Trinajstić information content (AvgIpc) is 2.27. The van der Waals surface area contributed by atoms with Crippen LogP contribution in [0.4, 0.5) is 5.82 Å². The molecule has 94 valence electrons. The van der Waals surface area contributed by atoms with Crippen LogP contribution in [0, 0.1) is 18.8 Å². The van der Waals surface area contributed by atoms with Crippen LogP contribution < -0.4 is 5.32 Å². The van der Waals surface area contributed by atoms with Crippen molar-refractivity contribution in [1.29, 1.82) is 0 Å². The Kier molecular flexibility index (Phi) is 4.21. The second-order valence-corrected chi connectivity index (χ2v) is 5.40. The van der Waals surface area contributed by atoms with E-state index in [0.29, 0.717) is 5.28 Å². The highest BCUT2D eigenvalue weighted by Crippen LogP contribution is 2.29. The van der Waals surface area contributed by atoms with Gasteiger partial charge in [-0.2, -0.15) is 0 Å². The molecule has 2 unspecified atom stereocenters. The number of rotatable bonds is 3. The van der Waals surface area contributed by atoms with Crippen LogP contribution in [0.5, 0.6) is 0 Å². The van der Waals surface area contributed by atoms with Crippen molar-refractivity contribution in [2.75, 3.05) is 11.9 Å². The summed E-state index contributed by atoms with van der Waals surface area (Å²) in [7, 11) is 0. The van der Waals surface area contributed by atoms with Crippen LogP contribution in [0.25, 0.3) is 0 Å². The van der Waals surface area contributed by atoms with Crippen LogP contribution in [-0.4, -0.2) is 16.5 Å². The van der Waals surface area contributed by atoms with Gasteiger partial charge in [0.2, 0.25) is 5.28 Å². The molecule has 1 aliphatic carbocycles. The molecule has 1 saturated carbocycles. The minimum Gasteiger partial charge on any atom is -0.370 e. The fourth-order valence-electron chi connectivity index (χ4n) is 2.55. The molecule has 1 heterocycles. The Hall–Kier alpha value is -0.830. The first-order chi connectivity index (χ1) is 8.15. The molecule has 1 aliphatic rings. The van der Waals surface area contributed by atoms with Crippen molar-refractivity contribution in [2.45, 2.75) is 39.5 Å². The van der Waals surface area contributed by atoms with Crippen molar-refractivity contribution < 1.29 is 0 Å². The molecule has 0 amide bonds. The molecule has 0 aliphatic heterocycles. The summed E-state index contributed by atoms with van der Waals surface area (Å²) in [5.74, 6) is 2.42. The van der Waals surface area contributed by atoms with Gasteiger partial charge in [0.1, 0.15) is 5.82 Å². The highest BCUT2D eigenvalue weighted by atomic mass is 35.5. The van der Waals surface area contributed by atoms with Gasteiger partial charge in [-0.25, -0.2) is 9.97 Å². The smallest absolute Gasteiger partial charge is 0.224 e. The van der Waals surface area contributed by atoms with E-state index in [2.05, 4.69) is 22.2 Å². The van der Waals surface area contributed by atoms with E-state index in [4.69, 9.17) is 11.6 Å². The second-order valence-electron chi connectivity index (χ2n) is 5.07. The summed E-state index contributed by atoms with van der Waals surface area (Å²) in [5.41, 5.74) is 0.907. The Labute approximate surface area is 108 Å². The van der Waals surface area contributed by atoms with Gasteiger partial charge in [-0.3, -0.25) is 0 Å². The summed E-state index contributed by atoms with van der Waals surface area (Å²) in [6.07, 6.45) is 5.43. The molecule has 17 heavy (non-hydrogen) atoms. The molecule has 0 spiro atoms. The molecule has 2 rings (SSSR count). The van der Waals surface area contributed by atoms with Crippen molar-refractivity contribution in [3.63, 3.8) is 0 Å². The molecule has 1 aromatic heterocycles. The Balaban J connectivity index is 1.92. The van der Waals surface area contributed by atoms with Gasteiger partial charge in [0, 0.05) is 18.3 Å². The van der Waals surface area contributed by atoms with E-state index in [0.717, 1.165) is 29.9 Å². The first-order valence-electron chi connectivity index (χ1n) is 6.40. The van der Waals surface area contributed by atoms with E-state index in [1.165, 1.54) is 25.7 Å². The van der Waals surface area contributed by atoms with Crippen molar-refractivity contribution >= 4 is 17.4 Å². The van der Waals surface area contributed by atoms with E-state index in [1.807, 2.05) is 13.0 Å². The van der Waals surface area contributed by atoms with Gasteiger partial charge in [-0.15, -0.1) is 0 Å². The van der Waals surface area contributed by atoms with Gasteiger partial charge in [0.15, 0.2) is 0 Å². The highest BCUT2D eigenvalue weighted by molar-refractivity contribution is 6.28. The number of nitrogens with zero attached hydrogens (tertiary/aromatic N) is 2. The lowest BCUT2D eigenvalue weighted by molar-refractivity contribution is 0.268. The first-order valence-corrected chi connectivity index (χ1v) is 6.78. The fourth-order valence-corrected chi connectivity index (χ4v) is 2.78. The number of anilines is 1. The molecule has 1 fully saturated rings. The Morgan fingerprint density at radius 2 is 2.12 bits per heavy atom. The normalized spacial score (nSPS) is 24.6. The molecule has 0 aromatic carbocycles. The van der Waals surface area contributed by atoms with Gasteiger partial charge < -0.3 is 5.32 Å². The summed E-state index contributed by atoms with van der Waals surface area (Å²) in [6, 6.07) is 1.94. The Morgan fingerprint density at radius 1 is 1.35 bits per heavy atom. The first kappa shape index (κ1) is 12.6. The lowest BCUT2D eigenvalue weighted by atomic mass is 9.80. The van der Waals surface area contributed by atoms with Crippen LogP contribution in [-0.2, 0) is 0 Å². The van der Waals surface area contributed by atoms with Gasteiger partial charge in [0.05, 0.1) is 0 Å². The van der Waals surface area contributed by atoms with E-state index >= 15 is 0 Å². The van der Waals surface area contributed by atoms with Crippen LogP contribution in [0.15, 0.2) is 6.07 Å². The SMILES string of the molecule is Cc1cc(NCC2CCCCC2C)nc(Cl)n1. The molecule has 1 aromatic rings. The van der Waals surface area contributed by atoms with E-state index in [9.17, 15) is 0 Å². The van der Waals surface area contributed by atoms with Gasteiger partial charge in [-0.1, -0.05) is 26.2 Å². The monoisotopic (exact) mass is 253 g/mol. The number of hydrogen-bond acceptors (Lipinski definition) is 3. The number of aryl methyl sites for hydroxylation is 1. The molecular weight excluding hydrogens is 234 g/mol. The summed E-state index contributed by atoms with van der Waals surface area (Å²) in [6.45, 7) is 5.28. The Bertz CT molecular complexity index is 361. The van der Waals surface area contributed by atoms with Gasteiger partial charge in [-0.05, 0) is 36.8 Å². The summed E-state index contributed by atoms with van der Waals surface area (Å²) in [5, 5.41) is 3.71. The molecule has 0 radical (unpaired) electrons. The molecule has 4 heteroatoms. The predicted octanol–water partition coefficient (Wildman–Crippen LogP) is 3.68. The van der Waals surface area contributed by atoms with E-state index < -0.39 is 0 Å². The lowest BCUT2D eigenvalue weighted by Gasteiger charge is -2.28. The zero-order valence-electron chi connectivity index (χ0n) is 10.5. The van der Waals surface area contributed by atoms with Crippen LogP contribution in [0.2, 0.25) is 5.28 Å². The number of hydrogen-bond donors (Lipinski definition) is 1. The van der Waals surface area contributed by atoms with Crippen molar-refractivity contribution in [3.8, 4) is 0 Å². The minimum atomic E-state index is 0.323. The number of aromatic nitrogens is 2. The molecule has 0 bridgehead atoms. The van der Waals surface area contributed by atoms with Gasteiger partial charge in [0.25, 0.3) is 0 Å². The quantitative estimate of drug-likeness (QED) is 0.835. The maximum Gasteiger partial charge on any atom is 0.224 e. The van der Waals surface area contributed by atoms with Crippen LogP contribution in [0.1, 0.15) is 38.3 Å². The molecule has 1 N–H and O–H groups in total. The summed E-state index contributed by atoms with van der Waals surface area (Å²) in [4.78, 5) is 8.24.